The molecule has 0 saturated carbocycles. The van der Waals surface area contributed by atoms with Crippen LogP contribution in [-0.2, 0) is 4.79 Å². The monoisotopic (exact) mass is 386 g/mol. The quantitative estimate of drug-likeness (QED) is 0.672. The van der Waals surface area contributed by atoms with Gasteiger partial charge in [-0.25, -0.2) is 0 Å². The molecule has 0 bridgehead atoms. The van der Waals surface area contributed by atoms with Crippen molar-refractivity contribution < 1.29 is 22.7 Å². The van der Waals surface area contributed by atoms with Gasteiger partial charge >= 0.3 is 6.36 Å². The Labute approximate surface area is 150 Å². The van der Waals surface area contributed by atoms with E-state index in [9.17, 15) is 18.0 Å². The summed E-state index contributed by atoms with van der Waals surface area (Å²) in [5, 5.41) is 19.9. The van der Waals surface area contributed by atoms with Crippen LogP contribution < -0.4 is 4.74 Å². The minimum atomic E-state index is -4.77. The first kappa shape index (κ1) is 19.5. The smallest absolute Gasteiger partial charge is 0.406 e. The fourth-order valence-corrected chi connectivity index (χ4v) is 2.63. The van der Waals surface area contributed by atoms with Gasteiger partial charge in [-0.1, -0.05) is 11.8 Å². The Bertz CT molecular complexity index is 787. The number of nitriles is 1. The summed E-state index contributed by atoms with van der Waals surface area (Å²) in [6.07, 6.45) is -4.54. The molecule has 0 aliphatic rings. The molecule has 0 radical (unpaired) electrons. The van der Waals surface area contributed by atoms with Crippen LogP contribution in [0.2, 0.25) is 0 Å². The van der Waals surface area contributed by atoms with E-state index in [-0.39, 0.29) is 23.8 Å². The Balaban J connectivity index is 2.02. The molecular weight excluding hydrogens is 373 g/mol. The standard InChI is InChI=1S/C14H13F3N6O2S/c1-22(8-2-7-18)12(24)9-26-13-19-20-21-23(13)10-3-5-11(6-4-10)25-14(15,16)17/h3-6H,2,8-9H2,1H3. The average molecular weight is 386 g/mol. The number of aromatic nitrogens is 4. The molecular formula is C14H13F3N6O2S. The summed E-state index contributed by atoms with van der Waals surface area (Å²) in [6.45, 7) is 0.321. The maximum atomic E-state index is 12.2. The third-order valence-corrected chi connectivity index (χ3v) is 3.97. The zero-order valence-corrected chi connectivity index (χ0v) is 14.3. The van der Waals surface area contributed by atoms with Gasteiger partial charge in [-0.2, -0.15) is 9.94 Å². The molecule has 1 heterocycles. The second-order valence-corrected chi connectivity index (χ2v) is 5.87. The summed E-state index contributed by atoms with van der Waals surface area (Å²) in [7, 11) is 1.59. The average Bonchev–Trinajstić information content (AvgIpc) is 3.05. The van der Waals surface area contributed by atoms with E-state index in [0.29, 0.717) is 17.4 Å². The van der Waals surface area contributed by atoms with Crippen LogP contribution in [0.15, 0.2) is 29.4 Å². The van der Waals surface area contributed by atoms with Gasteiger partial charge in [-0.05, 0) is 34.7 Å². The molecule has 2 aromatic rings. The Hall–Kier alpha value is -2.81. The van der Waals surface area contributed by atoms with Crippen molar-refractivity contribution in [1.29, 1.82) is 5.26 Å². The van der Waals surface area contributed by atoms with E-state index in [2.05, 4.69) is 20.3 Å². The molecule has 0 unspecified atom stereocenters. The lowest BCUT2D eigenvalue weighted by Crippen LogP contribution is -2.29. The molecule has 1 aromatic carbocycles. The number of rotatable bonds is 7. The van der Waals surface area contributed by atoms with E-state index in [0.717, 1.165) is 23.9 Å². The molecule has 26 heavy (non-hydrogen) atoms. The maximum Gasteiger partial charge on any atom is 0.573 e. The van der Waals surface area contributed by atoms with Crippen LogP contribution in [-0.4, -0.2) is 56.7 Å². The number of carbonyl (C=O) groups excluding carboxylic acids is 1. The molecule has 0 spiro atoms. The highest BCUT2D eigenvalue weighted by molar-refractivity contribution is 7.99. The number of hydrogen-bond donors (Lipinski definition) is 0. The minimum Gasteiger partial charge on any atom is -0.406 e. The number of tetrazole rings is 1. The second-order valence-electron chi connectivity index (χ2n) is 4.93. The zero-order valence-electron chi connectivity index (χ0n) is 13.5. The van der Waals surface area contributed by atoms with Gasteiger partial charge in [0.1, 0.15) is 5.75 Å². The number of ether oxygens (including phenoxy) is 1. The van der Waals surface area contributed by atoms with Gasteiger partial charge in [-0.15, -0.1) is 18.3 Å². The highest BCUT2D eigenvalue weighted by Crippen LogP contribution is 2.25. The molecule has 1 aromatic heterocycles. The molecule has 0 atom stereocenters. The van der Waals surface area contributed by atoms with Crippen molar-refractivity contribution >= 4 is 17.7 Å². The van der Waals surface area contributed by atoms with Crippen LogP contribution >= 0.6 is 11.8 Å². The van der Waals surface area contributed by atoms with Gasteiger partial charge < -0.3 is 9.64 Å². The Morgan fingerprint density at radius 2 is 2.08 bits per heavy atom. The molecule has 0 N–H and O–H groups in total. The van der Waals surface area contributed by atoms with Gasteiger partial charge in [0, 0.05) is 13.6 Å². The summed E-state index contributed by atoms with van der Waals surface area (Å²) >= 11 is 1.07. The first-order valence-corrected chi connectivity index (χ1v) is 8.17. The Morgan fingerprint density at radius 3 is 2.69 bits per heavy atom. The number of hydrogen-bond acceptors (Lipinski definition) is 7. The van der Waals surface area contributed by atoms with Gasteiger partial charge in [0.05, 0.1) is 23.9 Å². The molecule has 8 nitrogen and oxygen atoms in total. The van der Waals surface area contributed by atoms with Crippen molar-refractivity contribution in [2.24, 2.45) is 0 Å². The molecule has 138 valence electrons. The molecule has 0 saturated heterocycles. The summed E-state index contributed by atoms with van der Waals surface area (Å²) in [5.41, 5.74) is 0.414. The predicted octanol–water partition coefficient (Wildman–Crippen LogP) is 2.03. The van der Waals surface area contributed by atoms with E-state index < -0.39 is 6.36 Å². The normalized spacial score (nSPS) is 11.0. The second kappa shape index (κ2) is 8.52. The number of halogens is 3. The van der Waals surface area contributed by atoms with Crippen LogP contribution in [0.25, 0.3) is 5.69 Å². The van der Waals surface area contributed by atoms with Crippen LogP contribution in [0, 0.1) is 11.3 Å². The molecule has 0 fully saturated rings. The molecule has 0 aliphatic heterocycles. The van der Waals surface area contributed by atoms with E-state index in [1.807, 2.05) is 6.07 Å². The predicted molar refractivity (Wildman–Crippen MR) is 84.4 cm³/mol. The van der Waals surface area contributed by atoms with Crippen molar-refractivity contribution in [3.8, 4) is 17.5 Å². The first-order valence-electron chi connectivity index (χ1n) is 7.18. The topological polar surface area (TPSA) is 96.9 Å². The van der Waals surface area contributed by atoms with Crippen LogP contribution in [0.3, 0.4) is 0 Å². The SMILES string of the molecule is CN(CCC#N)C(=O)CSc1nnnn1-c1ccc(OC(F)(F)F)cc1. The molecule has 12 heteroatoms. The largest absolute Gasteiger partial charge is 0.573 e. The van der Waals surface area contributed by atoms with Crippen molar-refractivity contribution in [2.45, 2.75) is 17.9 Å². The third-order valence-electron chi connectivity index (χ3n) is 3.07. The summed E-state index contributed by atoms with van der Waals surface area (Å²) in [5.74, 6) is -0.510. The number of thioether (sulfide) groups is 1. The fourth-order valence-electron chi connectivity index (χ4n) is 1.80. The van der Waals surface area contributed by atoms with Crippen molar-refractivity contribution in [2.75, 3.05) is 19.3 Å². The fraction of sp³-hybridized carbons (Fsp3) is 0.357. The summed E-state index contributed by atoms with van der Waals surface area (Å²) in [6, 6.07) is 6.96. The Morgan fingerprint density at radius 1 is 1.38 bits per heavy atom. The summed E-state index contributed by atoms with van der Waals surface area (Å²) < 4.78 is 41.6. The van der Waals surface area contributed by atoms with Crippen molar-refractivity contribution in [3.63, 3.8) is 0 Å². The molecule has 1 amide bonds. The van der Waals surface area contributed by atoms with E-state index >= 15 is 0 Å². The lowest BCUT2D eigenvalue weighted by molar-refractivity contribution is -0.274. The highest BCUT2D eigenvalue weighted by atomic mass is 32.2. The number of alkyl halides is 3. The van der Waals surface area contributed by atoms with Gasteiger partial charge in [-0.3, -0.25) is 4.79 Å². The summed E-state index contributed by atoms with van der Waals surface area (Å²) in [4.78, 5) is 13.4. The van der Waals surface area contributed by atoms with E-state index in [1.54, 1.807) is 7.05 Å². The van der Waals surface area contributed by atoms with Crippen LogP contribution in [0.1, 0.15) is 6.42 Å². The molecule has 2 rings (SSSR count). The number of carbonyl (C=O) groups is 1. The van der Waals surface area contributed by atoms with Crippen LogP contribution in [0.4, 0.5) is 13.2 Å². The third kappa shape index (κ3) is 5.62. The maximum absolute atomic E-state index is 12.2. The number of amides is 1. The van der Waals surface area contributed by atoms with Gasteiger partial charge in [0.25, 0.3) is 0 Å². The lowest BCUT2D eigenvalue weighted by atomic mass is 10.3. The molecule has 0 aliphatic carbocycles. The van der Waals surface area contributed by atoms with Gasteiger partial charge in [0.15, 0.2) is 0 Å². The van der Waals surface area contributed by atoms with Gasteiger partial charge in [0.2, 0.25) is 11.1 Å². The van der Waals surface area contributed by atoms with Crippen LogP contribution in [0.5, 0.6) is 5.75 Å². The Kier molecular flexibility index (Phi) is 6.40. The van der Waals surface area contributed by atoms with Crippen molar-refractivity contribution in [1.82, 2.24) is 25.1 Å². The first-order chi connectivity index (χ1) is 12.3. The van der Waals surface area contributed by atoms with Crippen molar-refractivity contribution in [3.05, 3.63) is 24.3 Å². The highest BCUT2D eigenvalue weighted by Gasteiger charge is 2.31. The van der Waals surface area contributed by atoms with E-state index in [4.69, 9.17) is 5.26 Å². The number of benzene rings is 1. The van der Waals surface area contributed by atoms with E-state index in [1.165, 1.54) is 21.7 Å². The number of nitrogens with zero attached hydrogens (tertiary/aromatic N) is 6. The minimum absolute atomic E-state index is 0.0531. The zero-order chi connectivity index (χ0) is 19.2. The lowest BCUT2D eigenvalue weighted by Gasteiger charge is -2.14.